The van der Waals surface area contributed by atoms with Crippen molar-refractivity contribution in [2.24, 2.45) is 16.8 Å². The van der Waals surface area contributed by atoms with Gasteiger partial charge in [0.1, 0.15) is 11.8 Å². The Bertz CT molecular complexity index is 496. The molecule has 0 fully saturated rings. The molecular weight excluding hydrogens is 268 g/mol. The summed E-state index contributed by atoms with van der Waals surface area (Å²) < 4.78 is 0. The van der Waals surface area contributed by atoms with Crippen molar-refractivity contribution in [3.05, 3.63) is 0 Å². The summed E-state index contributed by atoms with van der Waals surface area (Å²) in [6.45, 7) is -0.0368. The largest absolute Gasteiger partial charge is 0.480 e. The van der Waals surface area contributed by atoms with Crippen LogP contribution in [-0.4, -0.2) is 51.4 Å². The molecule has 0 saturated heterocycles. The van der Waals surface area contributed by atoms with Crippen molar-refractivity contribution in [1.82, 2.24) is 5.01 Å². The smallest absolute Gasteiger partial charge is 0.352 e. The highest BCUT2D eigenvalue weighted by Gasteiger charge is 2.35. The molecule has 1 aliphatic rings. The summed E-state index contributed by atoms with van der Waals surface area (Å²) in [6.07, 6.45) is -0.346. The number of carboxylic acids is 2. The van der Waals surface area contributed by atoms with E-state index in [1.54, 1.807) is 0 Å². The minimum atomic E-state index is -1.28. The molecule has 0 radical (unpaired) electrons. The molecule has 1 heterocycles. The van der Waals surface area contributed by atoms with Crippen molar-refractivity contribution in [2.75, 3.05) is 6.54 Å². The standard InChI is InChI=1S/C11H14N4O5/c12-2-1-3-15-9(16)6(4-7(13)10(17)18)5-8(14-15)11(19)20/h6-7H,1,3-5,13H2,(H,17,18)(H,19,20)/t6-,7-/m0/s1. The fourth-order valence-corrected chi connectivity index (χ4v) is 1.80. The fraction of sp³-hybridized carbons (Fsp3) is 0.545. The van der Waals surface area contributed by atoms with Crippen molar-refractivity contribution >= 4 is 23.6 Å². The molecule has 0 saturated carbocycles. The molecule has 0 aromatic rings. The molecule has 1 amide bonds. The summed E-state index contributed by atoms with van der Waals surface area (Å²) in [5, 5.41) is 30.7. The van der Waals surface area contributed by atoms with Gasteiger partial charge in [-0.1, -0.05) is 0 Å². The Morgan fingerprint density at radius 2 is 2.20 bits per heavy atom. The van der Waals surface area contributed by atoms with Crippen LogP contribution in [0.2, 0.25) is 0 Å². The van der Waals surface area contributed by atoms with Crippen molar-refractivity contribution in [1.29, 1.82) is 5.26 Å². The average Bonchev–Trinajstić information content (AvgIpc) is 2.39. The van der Waals surface area contributed by atoms with E-state index in [0.29, 0.717) is 0 Å². The summed E-state index contributed by atoms with van der Waals surface area (Å²) in [4.78, 5) is 33.7. The summed E-state index contributed by atoms with van der Waals surface area (Å²) in [5.74, 6) is -3.92. The van der Waals surface area contributed by atoms with E-state index in [4.69, 9.17) is 21.2 Å². The lowest BCUT2D eigenvalue weighted by Crippen LogP contribution is -2.44. The van der Waals surface area contributed by atoms with Gasteiger partial charge in [-0.05, 0) is 6.42 Å². The van der Waals surface area contributed by atoms with Crippen molar-refractivity contribution in [3.8, 4) is 6.07 Å². The third kappa shape index (κ3) is 3.76. The number of carbonyl (C=O) groups excluding carboxylic acids is 1. The normalized spacial score (nSPS) is 20.0. The third-order valence-corrected chi connectivity index (χ3v) is 2.82. The van der Waals surface area contributed by atoms with E-state index < -0.39 is 29.8 Å². The van der Waals surface area contributed by atoms with Gasteiger partial charge >= 0.3 is 11.9 Å². The Balaban J connectivity index is 2.90. The second kappa shape index (κ2) is 6.63. The van der Waals surface area contributed by atoms with Crippen molar-refractivity contribution in [2.45, 2.75) is 25.3 Å². The van der Waals surface area contributed by atoms with Crippen LogP contribution in [-0.2, 0) is 14.4 Å². The predicted octanol–water partition coefficient (Wildman–Crippen LogP) is -1.01. The Morgan fingerprint density at radius 1 is 1.55 bits per heavy atom. The first kappa shape index (κ1) is 15.6. The lowest BCUT2D eigenvalue weighted by molar-refractivity contribution is -0.140. The number of nitriles is 1. The molecule has 4 N–H and O–H groups in total. The first-order chi connectivity index (χ1) is 9.36. The van der Waals surface area contributed by atoms with E-state index in [9.17, 15) is 14.4 Å². The monoisotopic (exact) mass is 282 g/mol. The lowest BCUT2D eigenvalue weighted by Gasteiger charge is -2.28. The quantitative estimate of drug-likeness (QED) is 0.563. The molecule has 1 aliphatic heterocycles. The van der Waals surface area contributed by atoms with Crippen LogP contribution in [0.3, 0.4) is 0 Å². The predicted molar refractivity (Wildman–Crippen MR) is 65.3 cm³/mol. The first-order valence-corrected chi connectivity index (χ1v) is 5.84. The van der Waals surface area contributed by atoms with E-state index in [-0.39, 0.29) is 31.5 Å². The second-order valence-electron chi connectivity index (χ2n) is 4.30. The molecule has 108 valence electrons. The maximum Gasteiger partial charge on any atom is 0.352 e. The second-order valence-corrected chi connectivity index (χ2v) is 4.30. The van der Waals surface area contributed by atoms with Gasteiger partial charge in [-0.15, -0.1) is 0 Å². The molecule has 0 spiro atoms. The van der Waals surface area contributed by atoms with Crippen LogP contribution >= 0.6 is 0 Å². The molecule has 9 heteroatoms. The minimum absolute atomic E-state index is 0.000156. The summed E-state index contributed by atoms with van der Waals surface area (Å²) >= 11 is 0. The number of rotatable bonds is 6. The maximum absolute atomic E-state index is 12.0. The molecule has 0 aromatic heterocycles. The molecule has 0 unspecified atom stereocenters. The Kier molecular flexibility index (Phi) is 5.16. The molecule has 0 aromatic carbocycles. The number of nitrogens with two attached hydrogens (primary N) is 1. The number of carbonyl (C=O) groups is 3. The van der Waals surface area contributed by atoms with E-state index in [1.807, 2.05) is 6.07 Å². The van der Waals surface area contributed by atoms with E-state index in [0.717, 1.165) is 5.01 Å². The Morgan fingerprint density at radius 3 is 2.70 bits per heavy atom. The minimum Gasteiger partial charge on any atom is -0.480 e. The zero-order valence-electron chi connectivity index (χ0n) is 10.5. The number of aliphatic carboxylic acids is 2. The first-order valence-electron chi connectivity index (χ1n) is 5.84. The van der Waals surface area contributed by atoms with Gasteiger partial charge in [-0.2, -0.15) is 10.4 Å². The van der Waals surface area contributed by atoms with Gasteiger partial charge in [-0.3, -0.25) is 9.59 Å². The SMILES string of the molecule is N#CCCN1N=C(C(=O)O)C[C@H](C[C@H](N)C(=O)O)C1=O. The van der Waals surface area contributed by atoms with Crippen LogP contribution < -0.4 is 5.73 Å². The number of nitrogens with zero attached hydrogens (tertiary/aromatic N) is 3. The fourth-order valence-electron chi connectivity index (χ4n) is 1.80. The molecule has 9 nitrogen and oxygen atoms in total. The van der Waals surface area contributed by atoms with Crippen LogP contribution in [0, 0.1) is 17.2 Å². The van der Waals surface area contributed by atoms with E-state index in [1.165, 1.54) is 0 Å². The summed E-state index contributed by atoms with van der Waals surface area (Å²) in [6, 6.07) is 0.569. The number of hydrogen-bond acceptors (Lipinski definition) is 6. The lowest BCUT2D eigenvalue weighted by atomic mass is 9.92. The van der Waals surface area contributed by atoms with Crippen LogP contribution in [0.1, 0.15) is 19.3 Å². The topological polar surface area (TPSA) is 157 Å². The third-order valence-electron chi connectivity index (χ3n) is 2.82. The summed E-state index contributed by atoms with van der Waals surface area (Å²) in [7, 11) is 0. The maximum atomic E-state index is 12.0. The molecule has 0 bridgehead atoms. The van der Waals surface area contributed by atoms with Gasteiger partial charge in [-0.25, -0.2) is 9.80 Å². The highest BCUT2D eigenvalue weighted by Crippen LogP contribution is 2.21. The number of carboxylic acid groups (broad SMARTS) is 2. The van der Waals surface area contributed by atoms with Crippen molar-refractivity contribution < 1.29 is 24.6 Å². The molecule has 1 rings (SSSR count). The highest BCUT2D eigenvalue weighted by atomic mass is 16.4. The molecular formula is C11H14N4O5. The Labute approximate surface area is 114 Å². The van der Waals surface area contributed by atoms with Gasteiger partial charge in [0, 0.05) is 12.3 Å². The number of amides is 1. The Hall–Kier alpha value is -2.47. The van der Waals surface area contributed by atoms with Gasteiger partial charge < -0.3 is 15.9 Å². The van der Waals surface area contributed by atoms with Crippen molar-refractivity contribution in [3.63, 3.8) is 0 Å². The van der Waals surface area contributed by atoms with Gasteiger partial charge in [0.05, 0.1) is 19.0 Å². The average molecular weight is 282 g/mol. The van der Waals surface area contributed by atoms with E-state index in [2.05, 4.69) is 5.10 Å². The highest BCUT2D eigenvalue weighted by molar-refractivity contribution is 6.36. The van der Waals surface area contributed by atoms with Crippen LogP contribution in [0.15, 0.2) is 5.10 Å². The van der Waals surface area contributed by atoms with E-state index >= 15 is 0 Å². The van der Waals surface area contributed by atoms with Crippen LogP contribution in [0.4, 0.5) is 0 Å². The van der Waals surface area contributed by atoms with Crippen LogP contribution in [0.5, 0.6) is 0 Å². The van der Waals surface area contributed by atoms with Gasteiger partial charge in [0.2, 0.25) is 5.91 Å². The molecule has 0 aliphatic carbocycles. The summed E-state index contributed by atoms with van der Waals surface area (Å²) in [5.41, 5.74) is 5.12. The van der Waals surface area contributed by atoms with Gasteiger partial charge in [0.25, 0.3) is 0 Å². The number of hydrogen-bond donors (Lipinski definition) is 3. The zero-order valence-corrected chi connectivity index (χ0v) is 10.5. The van der Waals surface area contributed by atoms with Gasteiger partial charge in [0.15, 0.2) is 0 Å². The molecule has 20 heavy (non-hydrogen) atoms. The zero-order chi connectivity index (χ0) is 15.3. The van der Waals surface area contributed by atoms with Crippen LogP contribution in [0.25, 0.3) is 0 Å². The number of hydrazone groups is 1. The molecule has 2 atom stereocenters.